The number of Topliss-reactive ketones (excluding diaryl/α,β-unsaturated/α-hetero) is 1. The van der Waals surface area contributed by atoms with Gasteiger partial charge in [-0.15, -0.1) is 0 Å². The van der Waals surface area contributed by atoms with Crippen molar-refractivity contribution in [1.82, 2.24) is 10.2 Å². The lowest BCUT2D eigenvalue weighted by Gasteiger charge is -2.36. The first-order valence-electron chi connectivity index (χ1n) is 9.51. The zero-order valence-electron chi connectivity index (χ0n) is 16.0. The van der Waals surface area contributed by atoms with Crippen LogP contribution in [0, 0.1) is 0 Å². The normalized spacial score (nSPS) is 24.5. The van der Waals surface area contributed by atoms with Crippen LogP contribution in [0.3, 0.4) is 0 Å². The fourth-order valence-corrected chi connectivity index (χ4v) is 4.19. The fraction of sp³-hybridized carbons (Fsp3) is 0.737. The topological polar surface area (TPSA) is 66.5 Å². The predicted octanol–water partition coefficient (Wildman–Crippen LogP) is 3.63. The number of amides is 2. The van der Waals surface area contributed by atoms with Crippen LogP contribution in [0.2, 0.25) is 0 Å². The summed E-state index contributed by atoms with van der Waals surface area (Å²) in [6, 6.07) is -0.377. The molecule has 8 heteroatoms. The van der Waals surface area contributed by atoms with E-state index in [9.17, 15) is 27.6 Å². The molecule has 2 amide bonds. The molecule has 152 valence electrons. The third kappa shape index (κ3) is 3.75. The molecule has 5 nitrogen and oxygen atoms in total. The molecule has 1 aliphatic carbocycles. The zero-order chi connectivity index (χ0) is 20.4. The Balaban J connectivity index is 2.54. The van der Waals surface area contributed by atoms with E-state index in [1.807, 2.05) is 12.2 Å². The van der Waals surface area contributed by atoms with Crippen molar-refractivity contribution in [1.29, 1.82) is 0 Å². The highest BCUT2D eigenvalue weighted by Crippen LogP contribution is 2.46. The number of carbonyl (C=O) groups is 3. The Morgan fingerprint density at radius 3 is 2.30 bits per heavy atom. The summed E-state index contributed by atoms with van der Waals surface area (Å²) in [4.78, 5) is 38.6. The number of carbonyl (C=O) groups excluding carboxylic acids is 3. The van der Waals surface area contributed by atoms with Crippen LogP contribution in [-0.2, 0) is 14.4 Å². The van der Waals surface area contributed by atoms with E-state index in [0.717, 1.165) is 31.1 Å². The summed E-state index contributed by atoms with van der Waals surface area (Å²) in [6.45, 7) is 4.19. The van der Waals surface area contributed by atoms with E-state index >= 15 is 0 Å². The summed E-state index contributed by atoms with van der Waals surface area (Å²) >= 11 is 0. The Bertz CT molecular complexity index is 651. The van der Waals surface area contributed by atoms with Crippen LogP contribution in [0.4, 0.5) is 13.2 Å². The quantitative estimate of drug-likeness (QED) is 0.756. The van der Waals surface area contributed by atoms with Gasteiger partial charge in [0.05, 0.1) is 5.57 Å². The van der Waals surface area contributed by atoms with Crippen molar-refractivity contribution in [3.63, 3.8) is 0 Å². The molecule has 0 radical (unpaired) electrons. The van der Waals surface area contributed by atoms with Gasteiger partial charge in [-0.25, -0.2) is 0 Å². The molecule has 0 aromatic heterocycles. The molecular weight excluding hydrogens is 361 g/mol. The lowest BCUT2D eigenvalue weighted by molar-refractivity contribution is -0.195. The largest absolute Gasteiger partial charge is 0.425 e. The number of alkyl halides is 3. The first-order chi connectivity index (χ1) is 12.6. The maximum Gasteiger partial charge on any atom is 0.425 e. The number of hydrogen-bond donors (Lipinski definition) is 1. The molecule has 1 atom stereocenters. The van der Waals surface area contributed by atoms with Gasteiger partial charge in [-0.3, -0.25) is 14.4 Å². The summed E-state index contributed by atoms with van der Waals surface area (Å²) in [7, 11) is 0. The molecular formula is C19H27F3N2O3. The van der Waals surface area contributed by atoms with Crippen molar-refractivity contribution < 1.29 is 27.6 Å². The molecule has 27 heavy (non-hydrogen) atoms. The van der Waals surface area contributed by atoms with Crippen LogP contribution >= 0.6 is 0 Å². The highest BCUT2D eigenvalue weighted by Gasteiger charge is 2.70. The second-order valence-electron chi connectivity index (χ2n) is 7.38. The minimum absolute atomic E-state index is 0.00696. The second kappa shape index (κ2) is 8.02. The van der Waals surface area contributed by atoms with Crippen molar-refractivity contribution in [2.24, 2.45) is 0 Å². The Morgan fingerprint density at radius 2 is 1.81 bits per heavy atom. The summed E-state index contributed by atoms with van der Waals surface area (Å²) < 4.78 is 42.7. The van der Waals surface area contributed by atoms with Gasteiger partial charge in [0, 0.05) is 18.2 Å². The number of allylic oxidation sites excluding steroid dienone is 1. The van der Waals surface area contributed by atoms with E-state index < -0.39 is 34.9 Å². The van der Waals surface area contributed by atoms with E-state index in [0.29, 0.717) is 25.7 Å². The summed E-state index contributed by atoms with van der Waals surface area (Å²) in [5.41, 5.74) is -3.94. The van der Waals surface area contributed by atoms with Crippen LogP contribution in [0.15, 0.2) is 11.3 Å². The summed E-state index contributed by atoms with van der Waals surface area (Å²) in [5.74, 6) is -2.98. The standard InChI is InChI=1S/C19H27F3N2O3/c1-4-5-11-15(26)23-18(19(20,21)22)16(13(3)25)12(2)24(17(18)27)14-9-7-6-8-10-14/h14H,4-11H2,1-3H3,(H,23,26)/t18-/m0/s1. The molecule has 1 aliphatic heterocycles. The SMILES string of the molecule is CCCCC(=O)N[C@]1(C(F)(F)F)C(=O)N(C2CCCCC2)C(C)=C1C(C)=O. The highest BCUT2D eigenvalue weighted by atomic mass is 19.4. The number of hydrogen-bond acceptors (Lipinski definition) is 3. The van der Waals surface area contributed by atoms with Gasteiger partial charge in [0.1, 0.15) is 0 Å². The van der Waals surface area contributed by atoms with E-state index in [2.05, 4.69) is 0 Å². The van der Waals surface area contributed by atoms with Crippen molar-refractivity contribution in [2.45, 2.75) is 89.9 Å². The van der Waals surface area contributed by atoms with E-state index in [-0.39, 0.29) is 18.2 Å². The van der Waals surface area contributed by atoms with Gasteiger partial charge in [0.25, 0.3) is 5.91 Å². The monoisotopic (exact) mass is 388 g/mol. The maximum absolute atomic E-state index is 14.2. The molecule has 0 aromatic carbocycles. The van der Waals surface area contributed by atoms with Gasteiger partial charge in [-0.2, -0.15) is 13.2 Å². The van der Waals surface area contributed by atoms with E-state index in [1.165, 1.54) is 6.92 Å². The first-order valence-corrected chi connectivity index (χ1v) is 9.51. The number of rotatable bonds is 6. The number of halogens is 3. The molecule has 0 bridgehead atoms. The van der Waals surface area contributed by atoms with Crippen LogP contribution < -0.4 is 5.32 Å². The minimum Gasteiger partial charge on any atom is -0.330 e. The van der Waals surface area contributed by atoms with Crippen LogP contribution in [0.25, 0.3) is 0 Å². The lowest BCUT2D eigenvalue weighted by atomic mass is 9.86. The van der Waals surface area contributed by atoms with Crippen LogP contribution in [0.5, 0.6) is 0 Å². The molecule has 2 rings (SSSR count). The first kappa shape index (κ1) is 21.4. The Hall–Kier alpha value is -1.86. The number of nitrogens with zero attached hydrogens (tertiary/aromatic N) is 1. The average molecular weight is 388 g/mol. The zero-order valence-corrected chi connectivity index (χ0v) is 16.0. The van der Waals surface area contributed by atoms with Crippen molar-refractivity contribution in [3.8, 4) is 0 Å². The number of unbranched alkanes of at least 4 members (excludes halogenated alkanes) is 1. The van der Waals surface area contributed by atoms with E-state index in [4.69, 9.17) is 0 Å². The predicted molar refractivity (Wildman–Crippen MR) is 93.6 cm³/mol. The molecule has 1 fully saturated rings. The molecule has 1 saturated carbocycles. The van der Waals surface area contributed by atoms with Crippen molar-refractivity contribution in [3.05, 3.63) is 11.3 Å². The number of ketones is 1. The van der Waals surface area contributed by atoms with Gasteiger partial charge in [-0.1, -0.05) is 32.6 Å². The Labute approximate surface area is 157 Å². The van der Waals surface area contributed by atoms with Gasteiger partial charge >= 0.3 is 6.18 Å². The smallest absolute Gasteiger partial charge is 0.330 e. The maximum atomic E-state index is 14.2. The average Bonchev–Trinajstić information content (AvgIpc) is 2.81. The molecule has 0 unspecified atom stereocenters. The molecule has 0 saturated heterocycles. The van der Waals surface area contributed by atoms with Crippen LogP contribution in [0.1, 0.15) is 72.1 Å². The Morgan fingerprint density at radius 1 is 1.22 bits per heavy atom. The molecule has 1 N–H and O–H groups in total. The molecule has 0 aromatic rings. The van der Waals surface area contributed by atoms with Gasteiger partial charge < -0.3 is 10.2 Å². The third-order valence-electron chi connectivity index (χ3n) is 5.44. The Kier molecular flexibility index (Phi) is 6.37. The molecule has 0 spiro atoms. The summed E-state index contributed by atoms with van der Waals surface area (Å²) in [5, 5.41) is 1.91. The van der Waals surface area contributed by atoms with Crippen molar-refractivity contribution >= 4 is 17.6 Å². The fourth-order valence-electron chi connectivity index (χ4n) is 4.19. The third-order valence-corrected chi connectivity index (χ3v) is 5.44. The van der Waals surface area contributed by atoms with E-state index in [1.54, 1.807) is 0 Å². The second-order valence-corrected chi connectivity index (χ2v) is 7.38. The highest BCUT2D eigenvalue weighted by molar-refractivity contribution is 6.12. The van der Waals surface area contributed by atoms with Gasteiger partial charge in [-0.05, 0) is 33.1 Å². The summed E-state index contributed by atoms with van der Waals surface area (Å²) in [6.07, 6.45) is -0.427. The van der Waals surface area contributed by atoms with Gasteiger partial charge in [0.15, 0.2) is 5.78 Å². The van der Waals surface area contributed by atoms with Crippen molar-refractivity contribution in [2.75, 3.05) is 0 Å². The van der Waals surface area contributed by atoms with Gasteiger partial charge in [0.2, 0.25) is 11.4 Å². The molecule has 1 heterocycles. The number of nitrogens with one attached hydrogen (secondary N) is 1. The minimum atomic E-state index is -5.11. The lowest BCUT2D eigenvalue weighted by Crippen LogP contribution is -2.66. The molecule has 2 aliphatic rings. The van der Waals surface area contributed by atoms with Crippen LogP contribution in [-0.4, -0.2) is 40.3 Å².